The molecule has 14 heavy (non-hydrogen) atoms. The molecule has 0 bridgehead atoms. The summed E-state index contributed by atoms with van der Waals surface area (Å²) < 4.78 is 0.514. The molecule has 1 aromatic rings. The molecule has 0 aromatic heterocycles. The highest BCUT2D eigenvalue weighted by Crippen LogP contribution is 2.25. The van der Waals surface area contributed by atoms with Crippen LogP contribution in [-0.2, 0) is 0 Å². The number of benzene rings is 1. The van der Waals surface area contributed by atoms with Gasteiger partial charge >= 0.3 is 5.97 Å². The number of nitrogens with zero attached hydrogens (tertiary/aromatic N) is 1. The Morgan fingerprint density at radius 3 is 2.29 bits per heavy atom. The van der Waals surface area contributed by atoms with Crippen molar-refractivity contribution < 1.29 is 15.0 Å². The molecule has 0 unspecified atom stereocenters. The Bertz CT molecular complexity index is 366. The van der Waals surface area contributed by atoms with Gasteiger partial charge in [-0.15, -0.1) is 0 Å². The van der Waals surface area contributed by atoms with Crippen LogP contribution in [-0.4, -0.2) is 37.3 Å². The van der Waals surface area contributed by atoms with E-state index in [-0.39, 0.29) is 11.3 Å². The van der Waals surface area contributed by atoms with Crippen molar-refractivity contribution in [3.8, 4) is 5.75 Å². The van der Waals surface area contributed by atoms with Crippen molar-refractivity contribution >= 4 is 11.7 Å². The largest absolute Gasteiger partial charge is 0.507 e. The molecule has 2 N–H and O–H groups in total. The Hall–Kier alpha value is -1.55. The van der Waals surface area contributed by atoms with Gasteiger partial charge in [0.25, 0.3) is 0 Å². The summed E-state index contributed by atoms with van der Waals surface area (Å²) in [5.41, 5.74) is 0.774. The minimum Gasteiger partial charge on any atom is -0.507 e. The molecule has 0 heterocycles. The van der Waals surface area contributed by atoms with Crippen molar-refractivity contribution in [1.82, 2.24) is 4.48 Å². The molecule has 0 spiro atoms. The van der Waals surface area contributed by atoms with Gasteiger partial charge < -0.3 is 10.2 Å². The number of carbonyl (C=O) groups is 1. The van der Waals surface area contributed by atoms with Gasteiger partial charge in [0, 0.05) is 12.1 Å². The third kappa shape index (κ3) is 2.03. The summed E-state index contributed by atoms with van der Waals surface area (Å²) in [6.45, 7) is 0. The topological polar surface area (TPSA) is 57.5 Å². The second kappa shape index (κ2) is 3.31. The number of carboxylic acids is 1. The highest BCUT2D eigenvalue weighted by atomic mass is 16.4. The van der Waals surface area contributed by atoms with E-state index >= 15 is 0 Å². The molecule has 0 atom stereocenters. The predicted molar refractivity (Wildman–Crippen MR) is 54.6 cm³/mol. The van der Waals surface area contributed by atoms with Crippen molar-refractivity contribution in [2.24, 2.45) is 0 Å². The van der Waals surface area contributed by atoms with Gasteiger partial charge in [0.1, 0.15) is 17.0 Å². The molecule has 0 fully saturated rings. The summed E-state index contributed by atoms with van der Waals surface area (Å²) >= 11 is 0. The summed E-state index contributed by atoms with van der Waals surface area (Å²) in [7, 11) is 5.79. The van der Waals surface area contributed by atoms with Crippen molar-refractivity contribution in [2.75, 3.05) is 21.1 Å². The van der Waals surface area contributed by atoms with Crippen molar-refractivity contribution in [2.45, 2.75) is 0 Å². The number of carboxylic acid groups (broad SMARTS) is 1. The maximum Gasteiger partial charge on any atom is 0.339 e. The zero-order chi connectivity index (χ0) is 10.9. The fourth-order valence-corrected chi connectivity index (χ4v) is 1.11. The Kier molecular flexibility index (Phi) is 2.49. The molecular formula is C10H14NO3+. The highest BCUT2D eigenvalue weighted by Gasteiger charge is 2.17. The van der Waals surface area contributed by atoms with E-state index in [4.69, 9.17) is 5.11 Å². The summed E-state index contributed by atoms with van der Waals surface area (Å²) in [6, 6.07) is 4.60. The van der Waals surface area contributed by atoms with Crippen LogP contribution in [0.25, 0.3) is 0 Å². The smallest absolute Gasteiger partial charge is 0.339 e. The summed E-state index contributed by atoms with van der Waals surface area (Å²) in [4.78, 5) is 10.7. The molecule has 1 rings (SSSR count). The third-order valence-corrected chi connectivity index (χ3v) is 1.99. The van der Waals surface area contributed by atoms with Crippen LogP contribution >= 0.6 is 0 Å². The van der Waals surface area contributed by atoms with Crippen LogP contribution < -0.4 is 4.48 Å². The Morgan fingerprint density at radius 2 is 1.86 bits per heavy atom. The normalized spacial score (nSPS) is 11.4. The van der Waals surface area contributed by atoms with Crippen LogP contribution in [0.1, 0.15) is 10.4 Å². The van der Waals surface area contributed by atoms with E-state index in [1.54, 1.807) is 6.07 Å². The third-order valence-electron chi connectivity index (χ3n) is 1.99. The lowest BCUT2D eigenvalue weighted by Gasteiger charge is -2.23. The van der Waals surface area contributed by atoms with Crippen molar-refractivity contribution in [3.63, 3.8) is 0 Å². The van der Waals surface area contributed by atoms with Gasteiger partial charge in [-0.05, 0) is 6.07 Å². The lowest BCUT2D eigenvalue weighted by Crippen LogP contribution is -2.34. The van der Waals surface area contributed by atoms with Gasteiger partial charge in [-0.1, -0.05) is 0 Å². The van der Waals surface area contributed by atoms with Crippen LogP contribution in [0.5, 0.6) is 5.75 Å². The SMILES string of the molecule is C[N+](C)(C)c1ccc(O)c(C(=O)O)c1. The molecule has 0 aliphatic heterocycles. The number of quaternary nitrogens is 1. The molecule has 4 heteroatoms. The van der Waals surface area contributed by atoms with E-state index in [2.05, 4.69) is 0 Å². The van der Waals surface area contributed by atoms with Crippen LogP contribution in [0.4, 0.5) is 5.69 Å². The number of hydrogen-bond donors (Lipinski definition) is 2. The molecule has 0 aliphatic carbocycles. The molecule has 0 saturated heterocycles. The zero-order valence-corrected chi connectivity index (χ0v) is 8.48. The van der Waals surface area contributed by atoms with Crippen LogP contribution in [0.2, 0.25) is 0 Å². The van der Waals surface area contributed by atoms with E-state index in [9.17, 15) is 9.90 Å². The first kappa shape index (κ1) is 10.5. The average molecular weight is 196 g/mol. The second-order valence-corrected chi connectivity index (χ2v) is 4.02. The first-order chi connectivity index (χ1) is 6.32. The Labute approximate surface area is 82.6 Å². The maximum atomic E-state index is 10.7. The molecule has 1 aromatic carbocycles. The Morgan fingerprint density at radius 1 is 1.29 bits per heavy atom. The van der Waals surface area contributed by atoms with E-state index in [1.165, 1.54) is 12.1 Å². The van der Waals surface area contributed by atoms with Crippen molar-refractivity contribution in [3.05, 3.63) is 23.8 Å². The summed E-state index contributed by atoms with van der Waals surface area (Å²) in [6.07, 6.45) is 0. The molecule has 0 aliphatic rings. The number of rotatable bonds is 2. The number of aromatic carboxylic acids is 1. The Balaban J connectivity index is 3.27. The maximum absolute atomic E-state index is 10.7. The second-order valence-electron chi connectivity index (χ2n) is 4.02. The minimum atomic E-state index is -1.11. The number of aromatic hydroxyl groups is 1. The van der Waals surface area contributed by atoms with E-state index in [1.807, 2.05) is 21.1 Å². The van der Waals surface area contributed by atoms with Crippen LogP contribution in [0.3, 0.4) is 0 Å². The molecule has 76 valence electrons. The van der Waals surface area contributed by atoms with E-state index in [0.717, 1.165) is 5.69 Å². The van der Waals surface area contributed by atoms with E-state index in [0.29, 0.717) is 4.48 Å². The van der Waals surface area contributed by atoms with Gasteiger partial charge in [0.05, 0.1) is 21.1 Å². The quantitative estimate of drug-likeness (QED) is 0.701. The van der Waals surface area contributed by atoms with E-state index < -0.39 is 5.97 Å². The van der Waals surface area contributed by atoms with Gasteiger partial charge in [-0.2, -0.15) is 0 Å². The number of phenols is 1. The molecular weight excluding hydrogens is 182 g/mol. The monoisotopic (exact) mass is 196 g/mol. The van der Waals surface area contributed by atoms with Crippen LogP contribution in [0, 0.1) is 0 Å². The van der Waals surface area contributed by atoms with Gasteiger partial charge in [-0.3, -0.25) is 4.48 Å². The van der Waals surface area contributed by atoms with Crippen LogP contribution in [0.15, 0.2) is 18.2 Å². The fourth-order valence-electron chi connectivity index (χ4n) is 1.11. The fraction of sp³-hybridized carbons (Fsp3) is 0.300. The summed E-state index contributed by atoms with van der Waals surface area (Å²) in [5, 5.41) is 18.1. The lowest BCUT2D eigenvalue weighted by molar-refractivity contribution is 0.0693. The predicted octanol–water partition coefficient (Wildman–Crippen LogP) is 1.29. The lowest BCUT2D eigenvalue weighted by atomic mass is 10.1. The van der Waals surface area contributed by atoms with Gasteiger partial charge in [0.15, 0.2) is 0 Å². The number of hydrogen-bond acceptors (Lipinski definition) is 2. The first-order valence-electron chi connectivity index (χ1n) is 4.20. The standard InChI is InChI=1S/C10H13NO3/c1-11(2,3)7-4-5-9(12)8(6-7)10(13)14/h4-6H,1-3H3,(H-,12,13,14)/p+1. The molecule has 0 saturated carbocycles. The van der Waals surface area contributed by atoms with Crippen molar-refractivity contribution in [1.29, 1.82) is 0 Å². The van der Waals surface area contributed by atoms with Gasteiger partial charge in [-0.25, -0.2) is 4.79 Å². The minimum absolute atomic E-state index is 0.0597. The zero-order valence-electron chi connectivity index (χ0n) is 8.48. The summed E-state index contributed by atoms with van der Waals surface area (Å²) in [5.74, 6) is -1.31. The highest BCUT2D eigenvalue weighted by molar-refractivity contribution is 5.91. The average Bonchev–Trinajstić information content (AvgIpc) is 2.02. The molecule has 0 radical (unpaired) electrons. The molecule has 4 nitrogen and oxygen atoms in total. The first-order valence-corrected chi connectivity index (χ1v) is 4.20. The van der Waals surface area contributed by atoms with Gasteiger partial charge in [0.2, 0.25) is 0 Å². The molecule has 0 amide bonds.